The molecule has 1 atom stereocenters. The lowest BCUT2D eigenvalue weighted by atomic mass is 9.75. The molecule has 0 radical (unpaired) electrons. The molecule has 0 amide bonds. The Hall–Kier alpha value is -3.37. The summed E-state index contributed by atoms with van der Waals surface area (Å²) in [7, 11) is 0. The molecule has 2 aliphatic heterocycles. The van der Waals surface area contributed by atoms with Crippen molar-refractivity contribution in [2.45, 2.75) is 25.0 Å². The van der Waals surface area contributed by atoms with Gasteiger partial charge in [0.15, 0.2) is 0 Å². The first-order valence-electron chi connectivity index (χ1n) is 10.8. The second-order valence-corrected chi connectivity index (χ2v) is 8.94. The fraction of sp³-hybridized carbons (Fsp3) is 0.222. The number of nitrogens with zero attached hydrogens (tertiary/aromatic N) is 2. The first kappa shape index (κ1) is 18.4. The van der Waals surface area contributed by atoms with Gasteiger partial charge in [-0.2, -0.15) is 0 Å². The molecule has 1 spiro atoms. The van der Waals surface area contributed by atoms with Gasteiger partial charge in [-0.25, -0.2) is 0 Å². The van der Waals surface area contributed by atoms with Crippen LogP contribution in [-0.2, 0) is 5.41 Å². The Bertz CT molecular complexity index is 1370. The zero-order valence-electron chi connectivity index (χ0n) is 17.8. The lowest BCUT2D eigenvalue weighted by molar-refractivity contribution is 0.0788. The van der Waals surface area contributed by atoms with Gasteiger partial charge in [0.2, 0.25) is 5.72 Å². The molecule has 4 nitrogen and oxygen atoms in total. The molecule has 0 bridgehead atoms. The zero-order valence-corrected chi connectivity index (χ0v) is 17.8. The quantitative estimate of drug-likeness (QED) is 0.475. The molecule has 0 aromatic heterocycles. The number of hydrogen-bond acceptors (Lipinski definition) is 4. The largest absolute Gasteiger partial charge is 0.459 e. The van der Waals surface area contributed by atoms with Gasteiger partial charge in [-0.15, -0.1) is 0 Å². The summed E-state index contributed by atoms with van der Waals surface area (Å²) in [6.45, 7) is 5.73. The molecule has 4 aromatic rings. The van der Waals surface area contributed by atoms with Crippen molar-refractivity contribution in [3.05, 3.63) is 78.4 Å². The topological polar surface area (TPSA) is 50.8 Å². The smallest absolute Gasteiger partial charge is 0.228 e. The number of fused-ring (bicyclic) bond motifs is 6. The number of hydrogen-bond donors (Lipinski definition) is 1. The minimum atomic E-state index is -0.742. The van der Waals surface area contributed by atoms with Gasteiger partial charge in [0.1, 0.15) is 11.4 Å². The van der Waals surface area contributed by atoms with Crippen LogP contribution in [0.25, 0.3) is 21.5 Å². The lowest BCUT2D eigenvalue weighted by Crippen LogP contribution is -2.63. The summed E-state index contributed by atoms with van der Waals surface area (Å²) in [5.41, 5.74) is 8.35. The second kappa shape index (κ2) is 6.32. The molecule has 0 saturated heterocycles. The molecular formula is C27H25N3O. The third-order valence-corrected chi connectivity index (χ3v) is 6.97. The molecule has 0 aliphatic carbocycles. The molecular weight excluding hydrogens is 382 g/mol. The van der Waals surface area contributed by atoms with Gasteiger partial charge in [0.05, 0.1) is 11.6 Å². The molecule has 0 fully saturated rings. The van der Waals surface area contributed by atoms with Crippen molar-refractivity contribution in [3.63, 3.8) is 0 Å². The van der Waals surface area contributed by atoms with E-state index in [0.29, 0.717) is 13.1 Å². The van der Waals surface area contributed by atoms with Gasteiger partial charge in [0.25, 0.3) is 0 Å². The van der Waals surface area contributed by atoms with E-state index in [9.17, 15) is 0 Å². The second-order valence-electron chi connectivity index (χ2n) is 8.94. The van der Waals surface area contributed by atoms with E-state index < -0.39 is 5.72 Å². The third-order valence-electron chi connectivity index (χ3n) is 6.97. The van der Waals surface area contributed by atoms with Crippen molar-refractivity contribution in [2.75, 3.05) is 18.0 Å². The SMILES string of the molecule is CC1(C)c2c(ccc3ccccc23)N(CCN)C12C=Nc1c(ccc3ccccc13)O2. The van der Waals surface area contributed by atoms with Crippen molar-refractivity contribution >= 4 is 39.1 Å². The van der Waals surface area contributed by atoms with Gasteiger partial charge in [-0.05, 0) is 47.7 Å². The van der Waals surface area contributed by atoms with Crippen LogP contribution in [0.3, 0.4) is 0 Å². The van der Waals surface area contributed by atoms with Crippen LogP contribution in [0.2, 0.25) is 0 Å². The lowest BCUT2D eigenvalue weighted by Gasteiger charge is -2.46. The Morgan fingerprint density at radius 3 is 2.32 bits per heavy atom. The van der Waals surface area contributed by atoms with Gasteiger partial charge in [-0.1, -0.05) is 60.7 Å². The van der Waals surface area contributed by atoms with E-state index >= 15 is 0 Å². The van der Waals surface area contributed by atoms with Gasteiger partial charge < -0.3 is 15.4 Å². The average molecular weight is 408 g/mol. The van der Waals surface area contributed by atoms with Crippen molar-refractivity contribution < 1.29 is 4.74 Å². The number of aliphatic imine (C=N–C) groups is 1. The van der Waals surface area contributed by atoms with E-state index in [2.05, 4.69) is 79.4 Å². The van der Waals surface area contributed by atoms with Crippen LogP contribution in [0, 0.1) is 0 Å². The molecule has 4 aromatic carbocycles. The highest BCUT2D eigenvalue weighted by molar-refractivity contribution is 6.02. The van der Waals surface area contributed by atoms with Crippen LogP contribution in [0.5, 0.6) is 5.75 Å². The minimum Gasteiger partial charge on any atom is -0.459 e. The maximum atomic E-state index is 6.92. The summed E-state index contributed by atoms with van der Waals surface area (Å²) in [6.07, 6.45) is 2.01. The Morgan fingerprint density at radius 2 is 1.55 bits per heavy atom. The summed E-state index contributed by atoms with van der Waals surface area (Å²) < 4.78 is 6.92. The third kappa shape index (κ3) is 2.31. The highest BCUT2D eigenvalue weighted by Gasteiger charge is 2.60. The molecule has 154 valence electrons. The predicted molar refractivity (Wildman–Crippen MR) is 129 cm³/mol. The fourth-order valence-electron chi connectivity index (χ4n) is 5.46. The Balaban J connectivity index is 1.60. The zero-order chi connectivity index (χ0) is 21.2. The molecule has 31 heavy (non-hydrogen) atoms. The summed E-state index contributed by atoms with van der Waals surface area (Å²) >= 11 is 0. The van der Waals surface area contributed by atoms with Crippen LogP contribution >= 0.6 is 0 Å². The average Bonchev–Trinajstić information content (AvgIpc) is 2.97. The first-order valence-corrected chi connectivity index (χ1v) is 10.8. The predicted octanol–water partition coefficient (Wildman–Crippen LogP) is 5.54. The number of benzene rings is 4. The van der Waals surface area contributed by atoms with Gasteiger partial charge >= 0.3 is 0 Å². The highest BCUT2D eigenvalue weighted by atomic mass is 16.5. The fourth-order valence-corrected chi connectivity index (χ4v) is 5.46. The highest BCUT2D eigenvalue weighted by Crippen LogP contribution is 2.56. The van der Waals surface area contributed by atoms with Crippen LogP contribution in [0.1, 0.15) is 19.4 Å². The maximum Gasteiger partial charge on any atom is 0.228 e. The van der Waals surface area contributed by atoms with E-state index in [4.69, 9.17) is 15.5 Å². The van der Waals surface area contributed by atoms with Gasteiger partial charge in [0, 0.05) is 24.2 Å². The van der Waals surface area contributed by atoms with Crippen LogP contribution in [-0.4, -0.2) is 25.0 Å². The van der Waals surface area contributed by atoms with E-state index in [-0.39, 0.29) is 5.41 Å². The van der Waals surface area contributed by atoms with Crippen molar-refractivity contribution in [3.8, 4) is 5.75 Å². The molecule has 6 rings (SSSR count). The molecule has 2 aliphatic rings. The van der Waals surface area contributed by atoms with Crippen LogP contribution < -0.4 is 15.4 Å². The molecule has 2 heterocycles. The molecule has 4 heteroatoms. The number of ether oxygens (including phenoxy) is 1. The standard InChI is InChI=1S/C27H25N3O/c1-26(2)24-20-9-5-3-7-18(20)11-13-22(24)30(16-15-28)27(26)17-29-25-21-10-6-4-8-19(21)12-14-23(25)31-27/h3-14,17H,15-16,28H2,1-2H3. The molecule has 2 N–H and O–H groups in total. The van der Waals surface area contributed by atoms with E-state index in [1.807, 2.05) is 18.3 Å². The summed E-state index contributed by atoms with van der Waals surface area (Å²) in [5, 5.41) is 4.76. The number of nitrogens with two attached hydrogens (primary N) is 1. The molecule has 1 unspecified atom stereocenters. The minimum absolute atomic E-state index is 0.342. The van der Waals surface area contributed by atoms with Crippen molar-refractivity contribution in [1.29, 1.82) is 0 Å². The first-order chi connectivity index (χ1) is 15.1. The maximum absolute atomic E-state index is 6.92. The van der Waals surface area contributed by atoms with E-state index in [1.54, 1.807) is 0 Å². The Kier molecular flexibility index (Phi) is 3.75. The summed E-state index contributed by atoms with van der Waals surface area (Å²) in [4.78, 5) is 7.32. The summed E-state index contributed by atoms with van der Waals surface area (Å²) in [6, 6.07) is 25.4. The Morgan fingerprint density at radius 1 is 0.871 bits per heavy atom. The monoisotopic (exact) mass is 407 g/mol. The number of rotatable bonds is 2. The van der Waals surface area contributed by atoms with Crippen molar-refractivity contribution in [2.24, 2.45) is 10.7 Å². The van der Waals surface area contributed by atoms with Crippen molar-refractivity contribution in [1.82, 2.24) is 0 Å². The normalized spacial score (nSPS) is 20.8. The van der Waals surface area contributed by atoms with Crippen LogP contribution in [0.15, 0.2) is 77.8 Å². The van der Waals surface area contributed by atoms with E-state index in [1.165, 1.54) is 22.0 Å². The van der Waals surface area contributed by atoms with E-state index in [0.717, 1.165) is 22.2 Å². The summed E-state index contributed by atoms with van der Waals surface area (Å²) in [5.74, 6) is 0.813. The molecule has 0 saturated carbocycles. The van der Waals surface area contributed by atoms with Crippen LogP contribution in [0.4, 0.5) is 11.4 Å². The van der Waals surface area contributed by atoms with Gasteiger partial charge in [-0.3, -0.25) is 4.99 Å². The Labute approximate surface area is 182 Å². The number of anilines is 1.